The third kappa shape index (κ3) is 2.84. The van der Waals surface area contributed by atoms with Crippen molar-refractivity contribution >= 4 is 5.91 Å². The minimum Gasteiger partial charge on any atom is -0.494 e. The van der Waals surface area contributed by atoms with Gasteiger partial charge in [0.05, 0.1) is 32.7 Å². The van der Waals surface area contributed by atoms with E-state index in [9.17, 15) is 4.79 Å². The molecule has 0 saturated carbocycles. The molecule has 2 aliphatic rings. The maximum atomic E-state index is 12.7. The second-order valence-corrected chi connectivity index (χ2v) is 6.62. The number of ether oxygens (including phenoxy) is 2. The molecule has 2 atom stereocenters. The van der Waals surface area contributed by atoms with Crippen molar-refractivity contribution in [3.05, 3.63) is 29.9 Å². The average molecular weight is 345 g/mol. The summed E-state index contributed by atoms with van der Waals surface area (Å²) in [5.41, 5.74) is -0.193. The molecule has 4 heterocycles. The molecule has 2 aromatic rings. The summed E-state index contributed by atoms with van der Waals surface area (Å²) in [6.45, 7) is 4.17. The van der Waals surface area contributed by atoms with E-state index in [0.717, 1.165) is 0 Å². The van der Waals surface area contributed by atoms with Crippen molar-refractivity contribution in [2.75, 3.05) is 33.4 Å². The molecular weight excluding hydrogens is 326 g/mol. The van der Waals surface area contributed by atoms with Crippen LogP contribution in [0.4, 0.5) is 0 Å². The number of rotatable bonds is 4. The van der Waals surface area contributed by atoms with Gasteiger partial charge in [0, 0.05) is 30.8 Å². The zero-order valence-corrected chi connectivity index (χ0v) is 14.1. The van der Waals surface area contributed by atoms with Gasteiger partial charge >= 0.3 is 0 Å². The van der Waals surface area contributed by atoms with Gasteiger partial charge in [0.1, 0.15) is 0 Å². The van der Waals surface area contributed by atoms with Gasteiger partial charge < -0.3 is 18.9 Å². The molecule has 0 N–H and O–H groups in total. The Balaban J connectivity index is 1.52. The number of aryl methyl sites for hydroxylation is 1. The molecule has 2 aromatic heterocycles. The van der Waals surface area contributed by atoms with Crippen molar-refractivity contribution in [3.63, 3.8) is 0 Å². The van der Waals surface area contributed by atoms with Gasteiger partial charge in [-0.15, -0.1) is 0 Å². The Morgan fingerprint density at radius 2 is 2.24 bits per heavy atom. The van der Waals surface area contributed by atoms with E-state index in [2.05, 4.69) is 20.1 Å². The maximum Gasteiger partial charge on any atom is 0.291 e. The van der Waals surface area contributed by atoms with Gasteiger partial charge in [-0.25, -0.2) is 9.97 Å². The Morgan fingerprint density at radius 3 is 2.92 bits per heavy atom. The summed E-state index contributed by atoms with van der Waals surface area (Å²) in [7, 11) is 1.53. The molecule has 4 rings (SSSR count). The Labute approximate surface area is 144 Å². The quantitative estimate of drug-likeness (QED) is 0.789. The van der Waals surface area contributed by atoms with E-state index in [4.69, 9.17) is 14.0 Å². The summed E-state index contributed by atoms with van der Waals surface area (Å²) in [5.74, 6) is 1.94. The van der Waals surface area contributed by atoms with Crippen LogP contribution in [-0.2, 0) is 11.2 Å². The number of carbonyl (C=O) groups is 1. The van der Waals surface area contributed by atoms with Crippen molar-refractivity contribution in [3.8, 4) is 5.75 Å². The highest BCUT2D eigenvalue weighted by atomic mass is 16.5. The van der Waals surface area contributed by atoms with Gasteiger partial charge in [0.2, 0.25) is 11.7 Å². The fourth-order valence-electron chi connectivity index (χ4n) is 3.62. The molecule has 2 aliphatic heterocycles. The Morgan fingerprint density at radius 1 is 1.44 bits per heavy atom. The van der Waals surface area contributed by atoms with E-state index in [1.165, 1.54) is 19.5 Å². The number of amides is 1. The lowest BCUT2D eigenvalue weighted by atomic mass is 9.78. The van der Waals surface area contributed by atoms with Crippen LogP contribution in [0.25, 0.3) is 0 Å². The molecule has 0 radical (unpaired) electrons. The maximum absolute atomic E-state index is 12.7. The zero-order valence-electron chi connectivity index (χ0n) is 14.1. The lowest BCUT2D eigenvalue weighted by Gasteiger charge is -2.25. The van der Waals surface area contributed by atoms with E-state index >= 15 is 0 Å². The molecule has 0 bridgehead atoms. The Hall–Kier alpha value is -2.55. The second kappa shape index (κ2) is 6.07. The number of hydrogen-bond donors (Lipinski definition) is 0. The number of carbonyl (C=O) groups excluding carboxylic acids is 1. The number of aromatic nitrogens is 4. The number of nitrogens with zero attached hydrogens (tertiary/aromatic N) is 5. The van der Waals surface area contributed by atoms with E-state index < -0.39 is 0 Å². The van der Waals surface area contributed by atoms with Crippen molar-refractivity contribution in [2.24, 2.45) is 11.3 Å². The first-order chi connectivity index (χ1) is 12.1. The molecule has 2 fully saturated rings. The summed E-state index contributed by atoms with van der Waals surface area (Å²) >= 11 is 0. The summed E-state index contributed by atoms with van der Waals surface area (Å²) in [6.07, 6.45) is 3.60. The van der Waals surface area contributed by atoms with Crippen LogP contribution in [0.2, 0.25) is 0 Å². The summed E-state index contributed by atoms with van der Waals surface area (Å²) in [4.78, 5) is 27.0. The molecule has 25 heavy (non-hydrogen) atoms. The molecule has 0 spiro atoms. The normalized spacial score (nSPS) is 25.2. The predicted octanol–water partition coefficient (Wildman–Crippen LogP) is 0.508. The number of likely N-dealkylation sites (tertiary alicyclic amines) is 1. The van der Waals surface area contributed by atoms with Gasteiger partial charge in [-0.3, -0.25) is 4.79 Å². The highest BCUT2D eigenvalue weighted by molar-refractivity contribution is 5.90. The van der Waals surface area contributed by atoms with Crippen LogP contribution in [0.3, 0.4) is 0 Å². The molecule has 0 aliphatic carbocycles. The van der Waals surface area contributed by atoms with Crippen molar-refractivity contribution in [1.82, 2.24) is 25.0 Å². The molecule has 9 nitrogen and oxygen atoms in total. The SMILES string of the molecule is COc1cnc(C(=O)N2C[C@@H]3COC[C@]3(Cc3nc(C)no3)C2)nc1. The van der Waals surface area contributed by atoms with E-state index in [1.54, 1.807) is 11.8 Å². The largest absolute Gasteiger partial charge is 0.494 e. The van der Waals surface area contributed by atoms with Gasteiger partial charge in [0.15, 0.2) is 11.6 Å². The number of hydrogen-bond acceptors (Lipinski definition) is 8. The summed E-state index contributed by atoms with van der Waals surface area (Å²) < 4.78 is 16.0. The van der Waals surface area contributed by atoms with Crippen molar-refractivity contribution in [2.45, 2.75) is 13.3 Å². The molecule has 2 saturated heterocycles. The molecule has 0 aromatic carbocycles. The monoisotopic (exact) mass is 345 g/mol. The fraction of sp³-hybridized carbons (Fsp3) is 0.562. The van der Waals surface area contributed by atoms with Crippen LogP contribution >= 0.6 is 0 Å². The van der Waals surface area contributed by atoms with Crippen LogP contribution in [0, 0.1) is 18.3 Å². The van der Waals surface area contributed by atoms with Crippen molar-refractivity contribution < 1.29 is 18.8 Å². The lowest BCUT2D eigenvalue weighted by molar-refractivity contribution is 0.0701. The Bertz CT molecular complexity index is 777. The Kier molecular flexibility index (Phi) is 3.87. The van der Waals surface area contributed by atoms with E-state index in [0.29, 0.717) is 50.2 Å². The predicted molar refractivity (Wildman–Crippen MR) is 84.0 cm³/mol. The van der Waals surface area contributed by atoms with Gasteiger partial charge in [-0.1, -0.05) is 5.16 Å². The smallest absolute Gasteiger partial charge is 0.291 e. The van der Waals surface area contributed by atoms with E-state index in [-0.39, 0.29) is 23.1 Å². The first-order valence-electron chi connectivity index (χ1n) is 8.12. The van der Waals surface area contributed by atoms with Crippen LogP contribution in [-0.4, -0.2) is 64.3 Å². The van der Waals surface area contributed by atoms with Crippen LogP contribution in [0.5, 0.6) is 5.75 Å². The van der Waals surface area contributed by atoms with Crippen molar-refractivity contribution in [1.29, 1.82) is 0 Å². The topological polar surface area (TPSA) is 103 Å². The highest BCUT2D eigenvalue weighted by Gasteiger charge is 2.53. The molecular formula is C16H19N5O4. The minimum absolute atomic E-state index is 0.172. The molecule has 132 valence electrons. The number of methoxy groups -OCH3 is 1. The van der Waals surface area contributed by atoms with Gasteiger partial charge in [-0.05, 0) is 6.92 Å². The third-order valence-corrected chi connectivity index (χ3v) is 4.94. The fourth-order valence-corrected chi connectivity index (χ4v) is 3.62. The first-order valence-corrected chi connectivity index (χ1v) is 8.12. The molecule has 9 heteroatoms. The third-order valence-electron chi connectivity index (χ3n) is 4.94. The van der Waals surface area contributed by atoms with Gasteiger partial charge in [0.25, 0.3) is 5.91 Å². The highest BCUT2D eigenvalue weighted by Crippen LogP contribution is 2.43. The second-order valence-electron chi connectivity index (χ2n) is 6.62. The first kappa shape index (κ1) is 15.9. The van der Waals surface area contributed by atoms with Gasteiger partial charge in [-0.2, -0.15) is 4.98 Å². The summed E-state index contributed by atoms with van der Waals surface area (Å²) in [5, 5.41) is 3.85. The lowest BCUT2D eigenvalue weighted by Crippen LogP contribution is -2.36. The molecule has 0 unspecified atom stereocenters. The standard InChI is InChI=1S/C16H19N5O4/c1-10-19-13(25-20-10)3-16-8-21(6-11(16)7-24-9-16)15(22)14-17-4-12(23-2)5-18-14/h4-5,11H,3,6-9H2,1-2H3/t11-,16+/m1/s1. The summed E-state index contributed by atoms with van der Waals surface area (Å²) in [6, 6.07) is 0. The van der Waals surface area contributed by atoms with Crippen LogP contribution in [0.1, 0.15) is 22.3 Å². The number of fused-ring (bicyclic) bond motifs is 1. The van der Waals surface area contributed by atoms with Crippen LogP contribution < -0.4 is 4.74 Å². The average Bonchev–Trinajstić information content (AvgIpc) is 3.28. The zero-order chi connectivity index (χ0) is 17.4. The molecule has 1 amide bonds. The van der Waals surface area contributed by atoms with Crippen LogP contribution in [0.15, 0.2) is 16.9 Å². The minimum atomic E-state index is -0.193. The van der Waals surface area contributed by atoms with E-state index in [1.807, 2.05) is 0 Å².